The van der Waals surface area contributed by atoms with Gasteiger partial charge >= 0.3 is 0 Å². The summed E-state index contributed by atoms with van der Waals surface area (Å²) in [4.78, 5) is 0. The van der Waals surface area contributed by atoms with Gasteiger partial charge in [0.1, 0.15) is 0 Å². The molecular weight excluding hydrogens is 319 g/mol. The number of nitrogens with two attached hydrogens (primary N) is 1. The topological polar surface area (TPSA) is 38.0 Å². The number of hydrogen-bond acceptors (Lipinski definition) is 2. The summed E-state index contributed by atoms with van der Waals surface area (Å²) in [6.07, 6.45) is 0. The van der Waals surface area contributed by atoms with E-state index in [0.717, 1.165) is 10.2 Å². The lowest BCUT2D eigenvalue weighted by Crippen LogP contribution is -2.06. The molecule has 0 radical (unpaired) electrons. The first-order valence-electron chi connectivity index (χ1n) is 2.92. The lowest BCUT2D eigenvalue weighted by atomic mass is 10.3. The van der Waals surface area contributed by atoms with E-state index < -0.39 is 0 Å². The van der Waals surface area contributed by atoms with Gasteiger partial charge in [-0.25, -0.2) is 0 Å². The summed E-state index contributed by atoms with van der Waals surface area (Å²) in [5.74, 6) is 5.23. The van der Waals surface area contributed by atoms with E-state index in [2.05, 4.69) is 25.9 Å². The Labute approximate surface area is 84.0 Å². The molecule has 1 aromatic rings. The summed E-state index contributed by atoms with van der Waals surface area (Å²) in [6.45, 7) is 0. The summed E-state index contributed by atoms with van der Waals surface area (Å²) in [5.41, 5.74) is 3.50. The van der Waals surface area contributed by atoms with Gasteiger partial charge in [0.05, 0.1) is 0 Å². The van der Waals surface area contributed by atoms with Crippen LogP contribution in [0.5, 0.6) is 0 Å². The molecule has 0 amide bonds. The monoisotopic (exact) mass is 326 g/mol. The van der Waals surface area contributed by atoms with Gasteiger partial charge in [0.15, 0.2) is 0 Å². The minimum atomic E-state index is -0.0959. The molecule has 1 rings (SSSR count). The second kappa shape index (κ2) is 4.18. The van der Waals surface area contributed by atoms with Gasteiger partial charge in [-0.1, -0.05) is 25.2 Å². The van der Waals surface area contributed by atoms with Crippen molar-refractivity contribution in [3.63, 3.8) is 0 Å². The van der Waals surface area contributed by atoms with E-state index in [-0.39, 0.29) is 20.7 Å². The third-order valence-electron chi connectivity index (χ3n) is 1.23. The average molecular weight is 327 g/mol. The molecule has 0 fully saturated rings. The largest absolute Gasteiger partial charge is 0.324 e. The molecule has 11 heavy (non-hydrogen) atoms. The summed E-state index contributed by atoms with van der Waals surface area (Å²) in [5, 5.41) is 0. The first-order chi connectivity index (χ1) is 5.27. The number of anilines is 1. The minimum Gasteiger partial charge on any atom is -0.324 e. The van der Waals surface area contributed by atoms with Gasteiger partial charge in [-0.3, -0.25) is 5.84 Å². The van der Waals surface area contributed by atoms with Crippen LogP contribution in [0.15, 0.2) is 22.7 Å². The molecule has 4 heteroatoms. The molecule has 0 aliphatic carbocycles. The zero-order chi connectivity index (χ0) is 8.27. The highest BCUT2D eigenvalue weighted by atomic mass is 127. The van der Waals surface area contributed by atoms with E-state index in [4.69, 9.17) is 5.84 Å². The number of nitrogens with one attached hydrogen (secondary N) is 1. The highest BCUT2D eigenvalue weighted by Gasteiger charge is 1.96. The smallest absolute Gasteiger partial charge is 0.0497 e. The molecule has 0 heterocycles. The van der Waals surface area contributed by atoms with Gasteiger partial charge in [-0.2, -0.15) is 0 Å². The number of hydrogen-bond donors (Lipinski definition) is 2. The maximum Gasteiger partial charge on any atom is 0.0497 e. The van der Waals surface area contributed by atoms with Gasteiger partial charge < -0.3 is 5.43 Å². The quantitative estimate of drug-likeness (QED) is 0.497. The van der Waals surface area contributed by atoms with E-state index in [9.17, 15) is 0 Å². The van der Waals surface area contributed by atoms with Crippen molar-refractivity contribution in [1.82, 2.24) is 0 Å². The SMILES string of the molecule is C=Ic1ccc(NN)cc1Br. The Balaban J connectivity index is 3.09. The van der Waals surface area contributed by atoms with Crippen LogP contribution in [0, 0.1) is 3.57 Å². The van der Waals surface area contributed by atoms with Gasteiger partial charge in [0, 0.05) is 13.7 Å². The van der Waals surface area contributed by atoms with Crippen molar-refractivity contribution < 1.29 is 0 Å². The van der Waals surface area contributed by atoms with Crippen molar-refractivity contribution in [1.29, 1.82) is 0 Å². The number of benzene rings is 1. The molecule has 3 N–H and O–H groups in total. The van der Waals surface area contributed by atoms with Crippen molar-refractivity contribution in [3.8, 4) is 0 Å². The fourth-order valence-electron chi connectivity index (χ4n) is 0.694. The van der Waals surface area contributed by atoms with E-state index in [1.807, 2.05) is 18.2 Å². The third-order valence-corrected chi connectivity index (χ3v) is 4.39. The van der Waals surface area contributed by atoms with Crippen LogP contribution in [0.1, 0.15) is 0 Å². The second-order valence-corrected chi connectivity index (χ2v) is 4.69. The lowest BCUT2D eigenvalue weighted by Gasteiger charge is -2.01. The third kappa shape index (κ3) is 2.25. The summed E-state index contributed by atoms with van der Waals surface area (Å²) in [6, 6.07) is 5.95. The van der Waals surface area contributed by atoms with Crippen molar-refractivity contribution >= 4 is 46.9 Å². The predicted molar refractivity (Wildman–Crippen MR) is 61.8 cm³/mol. The number of nitrogen functional groups attached to an aromatic ring is 1. The molecule has 0 aliphatic heterocycles. The molecule has 0 bridgehead atoms. The fourth-order valence-corrected chi connectivity index (χ4v) is 2.74. The molecule has 0 atom stereocenters. The molecule has 2 nitrogen and oxygen atoms in total. The Kier molecular flexibility index (Phi) is 3.47. The van der Waals surface area contributed by atoms with Gasteiger partial charge in [-0.15, -0.1) is 0 Å². The molecule has 0 spiro atoms. The van der Waals surface area contributed by atoms with Crippen LogP contribution in [-0.4, -0.2) is 4.51 Å². The van der Waals surface area contributed by atoms with Crippen molar-refractivity contribution in [3.05, 3.63) is 26.2 Å². The summed E-state index contributed by atoms with van der Waals surface area (Å²) >= 11 is 3.34. The molecule has 0 unspecified atom stereocenters. The van der Waals surface area contributed by atoms with E-state index in [1.165, 1.54) is 3.57 Å². The molecule has 60 valence electrons. The van der Waals surface area contributed by atoms with Crippen LogP contribution in [0.4, 0.5) is 5.69 Å². The Bertz CT molecular complexity index is 275. The number of hydrazine groups is 1. The zero-order valence-corrected chi connectivity index (χ0v) is 9.52. The Morgan fingerprint density at radius 1 is 1.55 bits per heavy atom. The van der Waals surface area contributed by atoms with Crippen molar-refractivity contribution in [2.24, 2.45) is 5.84 Å². The van der Waals surface area contributed by atoms with Gasteiger partial charge in [-0.05, 0) is 34.1 Å². The Morgan fingerprint density at radius 3 is 2.73 bits per heavy atom. The lowest BCUT2D eigenvalue weighted by molar-refractivity contribution is 1.34. The first-order valence-corrected chi connectivity index (χ1v) is 6.32. The number of rotatable bonds is 2. The molecule has 0 aromatic heterocycles. The maximum atomic E-state index is 5.23. The van der Waals surface area contributed by atoms with Gasteiger partial charge in [0.2, 0.25) is 0 Å². The molecule has 0 saturated heterocycles. The van der Waals surface area contributed by atoms with E-state index in [1.54, 1.807) is 0 Å². The van der Waals surface area contributed by atoms with Crippen molar-refractivity contribution in [2.45, 2.75) is 0 Å². The van der Waals surface area contributed by atoms with Crippen LogP contribution in [-0.2, 0) is 0 Å². The molecule has 0 saturated carbocycles. The maximum absolute atomic E-state index is 5.23. The number of halogens is 2. The molecule has 0 aliphatic rings. The average Bonchev–Trinajstić information content (AvgIpc) is 2.04. The first kappa shape index (κ1) is 9.15. The summed E-state index contributed by atoms with van der Waals surface area (Å²) in [7, 11) is 0. The minimum absolute atomic E-state index is 0.0959. The highest BCUT2D eigenvalue weighted by molar-refractivity contribution is 14.2. The molecular formula is C7H8BrIN2. The Morgan fingerprint density at radius 2 is 2.27 bits per heavy atom. The van der Waals surface area contributed by atoms with Crippen LogP contribution >= 0.6 is 36.7 Å². The normalized spacial score (nSPS) is 9.64. The standard InChI is InChI=1S/C7H8BrIN2/c1-9-7-3-2-5(11-10)4-6(7)8/h2-4,11H,1,10H2. The highest BCUT2D eigenvalue weighted by Crippen LogP contribution is 2.24. The van der Waals surface area contributed by atoms with E-state index >= 15 is 0 Å². The van der Waals surface area contributed by atoms with Gasteiger partial charge in [0.25, 0.3) is 0 Å². The molecule has 1 aromatic carbocycles. The van der Waals surface area contributed by atoms with Crippen LogP contribution in [0.3, 0.4) is 0 Å². The predicted octanol–water partition coefficient (Wildman–Crippen LogP) is 2.31. The van der Waals surface area contributed by atoms with E-state index in [0.29, 0.717) is 0 Å². The zero-order valence-electron chi connectivity index (χ0n) is 5.77. The van der Waals surface area contributed by atoms with Crippen LogP contribution < -0.4 is 11.3 Å². The Hall–Kier alpha value is 0.0600. The second-order valence-electron chi connectivity index (χ2n) is 1.91. The fraction of sp³-hybridized carbons (Fsp3) is 0. The van der Waals surface area contributed by atoms with Crippen LogP contribution in [0.2, 0.25) is 0 Å². The van der Waals surface area contributed by atoms with Crippen LogP contribution in [0.25, 0.3) is 0 Å². The summed E-state index contributed by atoms with van der Waals surface area (Å²) < 4.78 is 6.29. The van der Waals surface area contributed by atoms with Crippen molar-refractivity contribution in [2.75, 3.05) is 5.43 Å².